The molecule has 0 amide bonds. The van der Waals surface area contributed by atoms with E-state index in [1.807, 2.05) is 6.92 Å². The minimum absolute atomic E-state index is 0.00646. The third kappa shape index (κ3) is 1.12. The predicted octanol–water partition coefficient (Wildman–Crippen LogP) is 2.96. The van der Waals surface area contributed by atoms with Crippen LogP contribution in [0.15, 0.2) is 12.2 Å². The van der Waals surface area contributed by atoms with Crippen molar-refractivity contribution in [3.63, 3.8) is 0 Å². The Morgan fingerprint density at radius 3 is 2.42 bits per heavy atom. The van der Waals surface area contributed by atoms with Crippen molar-refractivity contribution >= 4 is 5.78 Å². The van der Waals surface area contributed by atoms with Crippen LogP contribution in [0.5, 0.6) is 0 Å². The van der Waals surface area contributed by atoms with Crippen molar-refractivity contribution in [2.24, 2.45) is 11.3 Å². The van der Waals surface area contributed by atoms with Gasteiger partial charge in [0.2, 0.25) is 0 Å². The first-order valence-electron chi connectivity index (χ1n) is 4.87. The molecule has 0 aromatic heterocycles. The third-order valence-corrected chi connectivity index (χ3v) is 3.36. The van der Waals surface area contributed by atoms with Gasteiger partial charge in [0, 0.05) is 11.8 Å². The lowest BCUT2D eigenvalue weighted by molar-refractivity contribution is -0.143. The second kappa shape index (κ2) is 3.42. The smallest absolute Gasteiger partial charge is 0.140 e. The molecule has 0 saturated heterocycles. The van der Waals surface area contributed by atoms with E-state index < -0.39 is 0 Å². The lowest BCUT2D eigenvalue weighted by Crippen LogP contribution is -2.48. The number of ketones is 1. The monoisotopic (exact) mass is 166 g/mol. The number of carbonyl (C=O) groups excluding carboxylic acids is 1. The molecule has 1 nitrogen and oxygen atoms in total. The summed E-state index contributed by atoms with van der Waals surface area (Å²) in [4.78, 5) is 11.5. The molecule has 0 unspecified atom stereocenters. The van der Waals surface area contributed by atoms with Gasteiger partial charge in [0.05, 0.1) is 0 Å². The predicted molar refractivity (Wildman–Crippen MR) is 50.9 cm³/mol. The Morgan fingerprint density at radius 2 is 2.08 bits per heavy atom. The van der Waals surface area contributed by atoms with Crippen LogP contribution < -0.4 is 0 Å². The van der Waals surface area contributed by atoms with Crippen molar-refractivity contribution in [2.45, 2.75) is 40.0 Å². The fourth-order valence-electron chi connectivity index (χ4n) is 2.33. The summed E-state index contributed by atoms with van der Waals surface area (Å²) in [5, 5.41) is 0. The molecule has 1 atom stereocenters. The molecule has 1 rings (SSSR count). The highest BCUT2D eigenvalue weighted by molar-refractivity contribution is 5.92. The minimum atomic E-state index is 0.00646. The van der Waals surface area contributed by atoms with Crippen molar-refractivity contribution in [3.05, 3.63) is 12.2 Å². The van der Waals surface area contributed by atoms with Crippen molar-refractivity contribution in [1.29, 1.82) is 0 Å². The third-order valence-electron chi connectivity index (χ3n) is 3.36. The zero-order valence-corrected chi connectivity index (χ0v) is 8.26. The molecule has 0 heterocycles. The SMILES string of the molecule is C/C=C\[C@H]1CC(=O)C1(CC)CC. The maximum Gasteiger partial charge on any atom is 0.140 e. The summed E-state index contributed by atoms with van der Waals surface area (Å²) in [6.45, 7) is 6.27. The summed E-state index contributed by atoms with van der Waals surface area (Å²) >= 11 is 0. The molecule has 0 spiro atoms. The van der Waals surface area contributed by atoms with Crippen LogP contribution in [0.25, 0.3) is 0 Å². The molecular weight excluding hydrogens is 148 g/mol. The summed E-state index contributed by atoms with van der Waals surface area (Å²) in [5.74, 6) is 0.987. The molecule has 1 fully saturated rings. The van der Waals surface area contributed by atoms with E-state index in [0.29, 0.717) is 11.7 Å². The van der Waals surface area contributed by atoms with Crippen molar-refractivity contribution in [1.82, 2.24) is 0 Å². The molecule has 0 aromatic carbocycles. The van der Waals surface area contributed by atoms with Gasteiger partial charge in [0.15, 0.2) is 0 Å². The molecule has 0 radical (unpaired) electrons. The zero-order chi connectivity index (χ0) is 9.19. The van der Waals surface area contributed by atoms with Gasteiger partial charge in [0.1, 0.15) is 5.78 Å². The van der Waals surface area contributed by atoms with Gasteiger partial charge in [-0.2, -0.15) is 0 Å². The fourth-order valence-corrected chi connectivity index (χ4v) is 2.33. The van der Waals surface area contributed by atoms with Gasteiger partial charge in [-0.05, 0) is 25.7 Å². The molecule has 1 heteroatoms. The van der Waals surface area contributed by atoms with Crippen LogP contribution in [0.3, 0.4) is 0 Å². The van der Waals surface area contributed by atoms with Crippen LogP contribution >= 0.6 is 0 Å². The standard InChI is InChI=1S/C11H18O/c1-4-7-9-8-10(12)11(9,5-2)6-3/h4,7,9H,5-6,8H2,1-3H3/b7-4-/t9-/m0/s1. The summed E-state index contributed by atoms with van der Waals surface area (Å²) in [5.41, 5.74) is 0.00646. The zero-order valence-electron chi connectivity index (χ0n) is 8.26. The number of Topliss-reactive ketones (excluding diaryl/α,β-unsaturated/α-hetero) is 1. The average Bonchev–Trinajstić information content (AvgIpc) is 2.07. The van der Waals surface area contributed by atoms with Crippen molar-refractivity contribution < 1.29 is 4.79 Å². The van der Waals surface area contributed by atoms with Gasteiger partial charge in [-0.1, -0.05) is 26.0 Å². The molecule has 1 aliphatic carbocycles. The average molecular weight is 166 g/mol. The Labute approximate surface area is 74.9 Å². The van der Waals surface area contributed by atoms with Crippen molar-refractivity contribution in [2.75, 3.05) is 0 Å². The highest BCUT2D eigenvalue weighted by Crippen LogP contribution is 2.49. The molecule has 0 aromatic rings. The van der Waals surface area contributed by atoms with E-state index in [4.69, 9.17) is 0 Å². The largest absolute Gasteiger partial charge is 0.299 e. The van der Waals surface area contributed by atoms with E-state index in [2.05, 4.69) is 26.0 Å². The highest BCUT2D eigenvalue weighted by atomic mass is 16.1. The van der Waals surface area contributed by atoms with E-state index in [1.54, 1.807) is 0 Å². The summed E-state index contributed by atoms with van der Waals surface area (Å²) in [6.07, 6.45) is 7.02. The van der Waals surface area contributed by atoms with Crippen LogP contribution in [0.2, 0.25) is 0 Å². The summed E-state index contributed by atoms with van der Waals surface area (Å²) in [6, 6.07) is 0. The van der Waals surface area contributed by atoms with Crippen LogP contribution in [-0.4, -0.2) is 5.78 Å². The first kappa shape index (κ1) is 9.50. The molecule has 1 saturated carbocycles. The minimum Gasteiger partial charge on any atom is -0.299 e. The quantitative estimate of drug-likeness (QED) is 0.589. The van der Waals surface area contributed by atoms with Crippen LogP contribution in [0.4, 0.5) is 0 Å². The lowest BCUT2D eigenvalue weighted by atomic mass is 9.56. The Bertz CT molecular complexity index is 199. The van der Waals surface area contributed by atoms with E-state index >= 15 is 0 Å². The van der Waals surface area contributed by atoms with Crippen LogP contribution in [0, 0.1) is 11.3 Å². The summed E-state index contributed by atoms with van der Waals surface area (Å²) in [7, 11) is 0. The van der Waals surface area contributed by atoms with Gasteiger partial charge in [-0.3, -0.25) is 4.79 Å². The van der Waals surface area contributed by atoms with Crippen molar-refractivity contribution in [3.8, 4) is 0 Å². The normalized spacial score (nSPS) is 27.6. The number of hydrogen-bond donors (Lipinski definition) is 0. The van der Waals surface area contributed by atoms with Gasteiger partial charge in [-0.25, -0.2) is 0 Å². The Hall–Kier alpha value is -0.590. The lowest BCUT2D eigenvalue weighted by Gasteiger charge is -2.45. The van der Waals surface area contributed by atoms with Crippen LogP contribution in [-0.2, 0) is 4.79 Å². The topological polar surface area (TPSA) is 17.1 Å². The van der Waals surface area contributed by atoms with Gasteiger partial charge >= 0.3 is 0 Å². The molecule has 12 heavy (non-hydrogen) atoms. The van der Waals surface area contributed by atoms with Gasteiger partial charge in [0.25, 0.3) is 0 Å². The summed E-state index contributed by atoms with van der Waals surface area (Å²) < 4.78 is 0. The maximum atomic E-state index is 11.5. The Morgan fingerprint density at radius 1 is 1.50 bits per heavy atom. The first-order chi connectivity index (χ1) is 5.71. The van der Waals surface area contributed by atoms with E-state index in [-0.39, 0.29) is 5.41 Å². The number of carbonyl (C=O) groups is 1. The number of rotatable bonds is 3. The first-order valence-corrected chi connectivity index (χ1v) is 4.87. The van der Waals surface area contributed by atoms with E-state index in [0.717, 1.165) is 19.3 Å². The molecule has 0 N–H and O–H groups in total. The van der Waals surface area contributed by atoms with Crippen LogP contribution in [0.1, 0.15) is 40.0 Å². The second-order valence-electron chi connectivity index (χ2n) is 3.62. The highest BCUT2D eigenvalue weighted by Gasteiger charge is 2.50. The molecule has 0 bridgehead atoms. The number of allylic oxidation sites excluding steroid dienone is 2. The van der Waals surface area contributed by atoms with E-state index in [9.17, 15) is 4.79 Å². The second-order valence-corrected chi connectivity index (χ2v) is 3.62. The molecule has 0 aliphatic heterocycles. The Kier molecular flexibility index (Phi) is 2.71. The van der Waals surface area contributed by atoms with E-state index in [1.165, 1.54) is 0 Å². The maximum absolute atomic E-state index is 11.5. The number of hydrogen-bond acceptors (Lipinski definition) is 1. The van der Waals surface area contributed by atoms with Gasteiger partial charge in [-0.15, -0.1) is 0 Å². The molecule has 1 aliphatic rings. The van der Waals surface area contributed by atoms with Gasteiger partial charge < -0.3 is 0 Å². The molecule has 68 valence electrons. The fraction of sp³-hybridized carbons (Fsp3) is 0.727. The Balaban J connectivity index is 2.76. The molecular formula is C11H18O.